The second kappa shape index (κ2) is 4.14. The molecule has 0 saturated carbocycles. The van der Waals surface area contributed by atoms with Crippen molar-refractivity contribution in [1.82, 2.24) is 14.8 Å². The van der Waals surface area contributed by atoms with Gasteiger partial charge in [0.2, 0.25) is 5.95 Å². The minimum Gasteiger partial charge on any atom is -0.493 e. The standard InChI is InChI=1S/C12H12N4O2/c1-16-12(13-7-14-16)15-11(17)9-2-3-10-8(6-9)4-5-18-10/h2-3,6-7H,4-5H2,1H3,(H,13,14,15,17). The number of nitrogens with zero attached hydrogens (tertiary/aromatic N) is 3. The quantitative estimate of drug-likeness (QED) is 0.855. The van der Waals surface area contributed by atoms with Gasteiger partial charge in [0.15, 0.2) is 0 Å². The third-order valence-electron chi connectivity index (χ3n) is 2.89. The highest BCUT2D eigenvalue weighted by Gasteiger charge is 2.15. The van der Waals surface area contributed by atoms with Crippen molar-refractivity contribution in [2.24, 2.45) is 7.05 Å². The van der Waals surface area contributed by atoms with Crippen LogP contribution in [0, 0.1) is 0 Å². The number of ether oxygens (including phenoxy) is 1. The van der Waals surface area contributed by atoms with Crippen molar-refractivity contribution in [2.75, 3.05) is 11.9 Å². The molecule has 92 valence electrons. The van der Waals surface area contributed by atoms with E-state index < -0.39 is 0 Å². The Morgan fingerprint density at radius 2 is 2.39 bits per heavy atom. The van der Waals surface area contributed by atoms with Gasteiger partial charge in [0, 0.05) is 19.0 Å². The van der Waals surface area contributed by atoms with Crippen LogP contribution in [0.4, 0.5) is 5.95 Å². The molecule has 1 aliphatic rings. The number of anilines is 1. The number of hydrogen-bond donors (Lipinski definition) is 1. The molecule has 0 radical (unpaired) electrons. The van der Waals surface area contributed by atoms with E-state index in [0.717, 1.165) is 17.7 Å². The number of aryl methyl sites for hydroxylation is 1. The second-order valence-electron chi connectivity index (χ2n) is 4.08. The van der Waals surface area contributed by atoms with Crippen molar-refractivity contribution in [1.29, 1.82) is 0 Å². The van der Waals surface area contributed by atoms with E-state index in [9.17, 15) is 4.79 Å². The molecule has 1 N–H and O–H groups in total. The molecule has 2 heterocycles. The molecule has 1 amide bonds. The molecule has 0 saturated heterocycles. The third kappa shape index (κ3) is 1.81. The second-order valence-corrected chi connectivity index (χ2v) is 4.08. The van der Waals surface area contributed by atoms with Crippen LogP contribution in [0.1, 0.15) is 15.9 Å². The fourth-order valence-electron chi connectivity index (χ4n) is 1.91. The predicted octanol–water partition coefficient (Wildman–Crippen LogP) is 1.00. The maximum atomic E-state index is 12.0. The van der Waals surface area contributed by atoms with Gasteiger partial charge in [-0.1, -0.05) is 0 Å². The van der Waals surface area contributed by atoms with Gasteiger partial charge in [0.25, 0.3) is 5.91 Å². The van der Waals surface area contributed by atoms with E-state index in [-0.39, 0.29) is 5.91 Å². The first kappa shape index (κ1) is 10.8. The highest BCUT2D eigenvalue weighted by Crippen LogP contribution is 2.26. The van der Waals surface area contributed by atoms with Gasteiger partial charge in [-0.2, -0.15) is 10.1 Å². The molecular weight excluding hydrogens is 232 g/mol. The number of aromatic nitrogens is 3. The van der Waals surface area contributed by atoms with Crippen molar-refractivity contribution < 1.29 is 9.53 Å². The summed E-state index contributed by atoms with van der Waals surface area (Å²) in [6.45, 7) is 0.684. The minimum absolute atomic E-state index is 0.194. The van der Waals surface area contributed by atoms with Crippen LogP contribution in [-0.4, -0.2) is 27.3 Å². The molecule has 0 atom stereocenters. The van der Waals surface area contributed by atoms with Crippen LogP contribution in [0.25, 0.3) is 0 Å². The summed E-state index contributed by atoms with van der Waals surface area (Å²) in [5.41, 5.74) is 1.67. The monoisotopic (exact) mass is 244 g/mol. The van der Waals surface area contributed by atoms with Crippen LogP contribution in [0.3, 0.4) is 0 Å². The zero-order valence-electron chi connectivity index (χ0n) is 9.88. The number of rotatable bonds is 2. The molecule has 18 heavy (non-hydrogen) atoms. The molecule has 0 bridgehead atoms. The van der Waals surface area contributed by atoms with E-state index >= 15 is 0 Å². The number of hydrogen-bond acceptors (Lipinski definition) is 4. The molecule has 1 aromatic carbocycles. The molecule has 6 nitrogen and oxygen atoms in total. The SMILES string of the molecule is Cn1ncnc1NC(=O)c1ccc2c(c1)CCO2. The smallest absolute Gasteiger partial charge is 0.258 e. The fraction of sp³-hybridized carbons (Fsp3) is 0.250. The number of carbonyl (C=O) groups is 1. The van der Waals surface area contributed by atoms with Gasteiger partial charge in [-0.05, 0) is 23.8 Å². The fourth-order valence-corrected chi connectivity index (χ4v) is 1.91. The maximum Gasteiger partial charge on any atom is 0.258 e. The molecule has 3 rings (SSSR count). The summed E-state index contributed by atoms with van der Waals surface area (Å²) in [6, 6.07) is 5.43. The summed E-state index contributed by atoms with van der Waals surface area (Å²) in [5.74, 6) is 1.10. The number of carbonyl (C=O) groups excluding carboxylic acids is 1. The van der Waals surface area contributed by atoms with Crippen LogP contribution >= 0.6 is 0 Å². The van der Waals surface area contributed by atoms with Gasteiger partial charge in [0.05, 0.1) is 6.61 Å². The van der Waals surface area contributed by atoms with Crippen LogP contribution in [0.5, 0.6) is 5.75 Å². The molecule has 6 heteroatoms. The summed E-state index contributed by atoms with van der Waals surface area (Å²) in [4.78, 5) is 16.0. The Morgan fingerprint density at radius 3 is 3.17 bits per heavy atom. The lowest BCUT2D eigenvalue weighted by atomic mass is 10.1. The summed E-state index contributed by atoms with van der Waals surface area (Å²) in [7, 11) is 1.72. The Morgan fingerprint density at radius 1 is 1.50 bits per heavy atom. The summed E-state index contributed by atoms with van der Waals surface area (Å²) < 4.78 is 6.91. The third-order valence-corrected chi connectivity index (χ3v) is 2.89. The minimum atomic E-state index is -0.194. The average Bonchev–Trinajstić information content (AvgIpc) is 2.98. The van der Waals surface area contributed by atoms with Crippen molar-refractivity contribution in [3.63, 3.8) is 0 Å². The molecule has 0 fully saturated rings. The Balaban J connectivity index is 1.83. The zero-order chi connectivity index (χ0) is 12.5. The first-order chi connectivity index (χ1) is 8.74. The van der Waals surface area contributed by atoms with Crippen molar-refractivity contribution in [3.8, 4) is 5.75 Å². The predicted molar refractivity (Wildman–Crippen MR) is 64.6 cm³/mol. The van der Waals surface area contributed by atoms with E-state index in [1.165, 1.54) is 11.0 Å². The van der Waals surface area contributed by atoms with Crippen LogP contribution in [-0.2, 0) is 13.5 Å². The summed E-state index contributed by atoms with van der Waals surface area (Å²) in [6.07, 6.45) is 2.24. The van der Waals surface area contributed by atoms with Crippen molar-refractivity contribution in [2.45, 2.75) is 6.42 Å². The Bertz CT molecular complexity index is 606. The van der Waals surface area contributed by atoms with E-state index in [0.29, 0.717) is 18.1 Å². The van der Waals surface area contributed by atoms with Gasteiger partial charge in [-0.25, -0.2) is 4.68 Å². The Kier molecular flexibility index (Phi) is 2.47. The topological polar surface area (TPSA) is 69.0 Å². The average molecular weight is 244 g/mol. The molecule has 1 aliphatic heterocycles. The molecule has 1 aromatic heterocycles. The van der Waals surface area contributed by atoms with E-state index in [4.69, 9.17) is 4.74 Å². The van der Waals surface area contributed by atoms with Crippen LogP contribution in [0.2, 0.25) is 0 Å². The van der Waals surface area contributed by atoms with Crippen molar-refractivity contribution in [3.05, 3.63) is 35.7 Å². The van der Waals surface area contributed by atoms with E-state index in [1.807, 2.05) is 12.1 Å². The lowest BCUT2D eigenvalue weighted by Gasteiger charge is -2.05. The number of nitrogens with one attached hydrogen (secondary N) is 1. The Hall–Kier alpha value is -2.37. The van der Waals surface area contributed by atoms with E-state index in [2.05, 4.69) is 15.4 Å². The number of benzene rings is 1. The van der Waals surface area contributed by atoms with E-state index in [1.54, 1.807) is 13.1 Å². The van der Waals surface area contributed by atoms with Gasteiger partial charge in [-0.15, -0.1) is 0 Å². The highest BCUT2D eigenvalue weighted by molar-refractivity contribution is 6.03. The molecule has 0 spiro atoms. The lowest BCUT2D eigenvalue weighted by molar-refractivity contribution is 0.102. The molecule has 0 aliphatic carbocycles. The molecule has 0 unspecified atom stereocenters. The normalized spacial score (nSPS) is 12.9. The summed E-state index contributed by atoms with van der Waals surface area (Å²) >= 11 is 0. The molecular formula is C12H12N4O2. The van der Waals surface area contributed by atoms with Gasteiger partial charge >= 0.3 is 0 Å². The summed E-state index contributed by atoms with van der Waals surface area (Å²) in [5, 5.41) is 6.60. The lowest BCUT2D eigenvalue weighted by Crippen LogP contribution is -2.15. The number of fused-ring (bicyclic) bond motifs is 1. The Labute approximate surface area is 104 Å². The van der Waals surface area contributed by atoms with Crippen LogP contribution < -0.4 is 10.1 Å². The van der Waals surface area contributed by atoms with Gasteiger partial charge in [0.1, 0.15) is 12.1 Å². The largest absolute Gasteiger partial charge is 0.493 e. The maximum absolute atomic E-state index is 12.0. The first-order valence-electron chi connectivity index (χ1n) is 5.65. The zero-order valence-corrected chi connectivity index (χ0v) is 9.88. The van der Waals surface area contributed by atoms with Crippen LogP contribution in [0.15, 0.2) is 24.5 Å². The van der Waals surface area contributed by atoms with Gasteiger partial charge < -0.3 is 4.74 Å². The highest BCUT2D eigenvalue weighted by atomic mass is 16.5. The number of amides is 1. The van der Waals surface area contributed by atoms with Crippen molar-refractivity contribution >= 4 is 11.9 Å². The van der Waals surface area contributed by atoms with Gasteiger partial charge in [-0.3, -0.25) is 10.1 Å². The first-order valence-corrected chi connectivity index (χ1v) is 5.65. The molecule has 2 aromatic rings.